The number of nitro groups is 1. The van der Waals surface area contributed by atoms with Gasteiger partial charge in [0.25, 0.3) is 6.20 Å². The fourth-order valence-corrected chi connectivity index (χ4v) is 1.59. The van der Waals surface area contributed by atoms with E-state index in [0.717, 1.165) is 18.2 Å². The molecular formula is C11H15ClN4O2. The van der Waals surface area contributed by atoms with Gasteiger partial charge in [-0.3, -0.25) is 10.1 Å². The quantitative estimate of drug-likeness (QED) is 0.470. The van der Waals surface area contributed by atoms with Crippen molar-refractivity contribution in [3.05, 3.63) is 51.2 Å². The highest BCUT2D eigenvalue weighted by Gasteiger charge is 2.12. The Bertz CT molecular complexity index is 433. The van der Waals surface area contributed by atoms with Crippen LogP contribution in [0.3, 0.4) is 0 Å². The third kappa shape index (κ3) is 4.21. The number of pyridine rings is 1. The summed E-state index contributed by atoms with van der Waals surface area (Å²) >= 11 is 5.72. The first kappa shape index (κ1) is 14.2. The molecule has 1 aromatic rings. The molecule has 0 aliphatic carbocycles. The molecule has 0 saturated carbocycles. The number of hydrogen-bond donors (Lipinski definition) is 2. The average Bonchev–Trinajstić information content (AvgIpc) is 2.35. The first-order valence-corrected chi connectivity index (χ1v) is 5.85. The minimum absolute atomic E-state index is 0.0617. The second kappa shape index (κ2) is 6.80. The molecule has 0 amide bonds. The summed E-state index contributed by atoms with van der Waals surface area (Å²) in [4.78, 5) is 13.9. The summed E-state index contributed by atoms with van der Waals surface area (Å²) < 4.78 is 0. The molecule has 6 nitrogen and oxygen atoms in total. The van der Waals surface area contributed by atoms with E-state index in [4.69, 9.17) is 11.6 Å². The Morgan fingerprint density at radius 1 is 1.67 bits per heavy atom. The first-order chi connectivity index (χ1) is 8.56. The predicted molar refractivity (Wildman–Crippen MR) is 69.6 cm³/mol. The van der Waals surface area contributed by atoms with E-state index in [1.165, 1.54) is 0 Å². The van der Waals surface area contributed by atoms with Gasteiger partial charge in [-0.25, -0.2) is 4.98 Å². The molecule has 7 heteroatoms. The van der Waals surface area contributed by atoms with Crippen molar-refractivity contribution in [3.8, 4) is 0 Å². The lowest BCUT2D eigenvalue weighted by molar-refractivity contribution is -0.404. The van der Waals surface area contributed by atoms with Gasteiger partial charge >= 0.3 is 0 Å². The lowest BCUT2D eigenvalue weighted by atomic mass is 10.1. The number of hydrogen-bond acceptors (Lipinski definition) is 5. The van der Waals surface area contributed by atoms with Crippen molar-refractivity contribution < 1.29 is 4.92 Å². The van der Waals surface area contributed by atoms with Crippen LogP contribution in [0, 0.1) is 10.1 Å². The van der Waals surface area contributed by atoms with Crippen molar-refractivity contribution in [1.29, 1.82) is 0 Å². The number of rotatable bonds is 6. The van der Waals surface area contributed by atoms with Crippen molar-refractivity contribution in [2.24, 2.45) is 0 Å². The van der Waals surface area contributed by atoms with Crippen molar-refractivity contribution in [3.63, 3.8) is 0 Å². The monoisotopic (exact) mass is 270 g/mol. The Morgan fingerprint density at radius 2 is 2.39 bits per heavy atom. The summed E-state index contributed by atoms with van der Waals surface area (Å²) in [6.07, 6.45) is 3.31. The van der Waals surface area contributed by atoms with Crippen LogP contribution < -0.4 is 10.6 Å². The molecule has 98 valence electrons. The Balaban J connectivity index is 2.84. The van der Waals surface area contributed by atoms with Gasteiger partial charge in [0.15, 0.2) is 5.82 Å². The second-order valence-corrected chi connectivity index (χ2v) is 3.98. The van der Waals surface area contributed by atoms with Gasteiger partial charge in [-0.15, -0.1) is 0 Å². The molecule has 0 aliphatic heterocycles. The molecule has 0 saturated heterocycles. The Kier molecular flexibility index (Phi) is 5.38. The lowest BCUT2D eigenvalue weighted by Gasteiger charge is -2.19. The molecule has 0 bridgehead atoms. The van der Waals surface area contributed by atoms with Gasteiger partial charge in [0.1, 0.15) is 5.15 Å². The number of aromatic nitrogens is 1. The van der Waals surface area contributed by atoms with Crippen molar-refractivity contribution in [2.75, 3.05) is 7.05 Å². The molecule has 1 aromatic heterocycles. The smallest absolute Gasteiger partial charge is 0.274 e. The van der Waals surface area contributed by atoms with E-state index in [1.54, 1.807) is 19.3 Å². The summed E-state index contributed by atoms with van der Waals surface area (Å²) in [5, 5.41) is 16.6. The minimum Gasteiger partial charge on any atom is -0.370 e. The van der Waals surface area contributed by atoms with Gasteiger partial charge in [-0.2, -0.15) is 0 Å². The maximum atomic E-state index is 10.4. The number of nitrogens with zero attached hydrogens (tertiary/aromatic N) is 2. The highest BCUT2D eigenvalue weighted by molar-refractivity contribution is 6.29. The van der Waals surface area contributed by atoms with E-state index in [2.05, 4.69) is 15.6 Å². The molecular weight excluding hydrogens is 256 g/mol. The molecule has 1 heterocycles. The van der Waals surface area contributed by atoms with E-state index in [9.17, 15) is 10.1 Å². The zero-order chi connectivity index (χ0) is 13.5. The van der Waals surface area contributed by atoms with Crippen molar-refractivity contribution in [2.45, 2.75) is 19.4 Å². The lowest BCUT2D eigenvalue weighted by Crippen LogP contribution is -2.28. The van der Waals surface area contributed by atoms with Crippen LogP contribution in [-0.2, 0) is 0 Å². The fourth-order valence-electron chi connectivity index (χ4n) is 1.48. The molecule has 1 atom stereocenters. The normalized spacial score (nSPS) is 12.9. The summed E-state index contributed by atoms with van der Waals surface area (Å²) in [6.45, 7) is 1.98. The molecule has 2 N–H and O–H groups in total. The van der Waals surface area contributed by atoms with Gasteiger partial charge < -0.3 is 10.6 Å². The SMILES string of the molecule is CCC(NC(=C[N+](=O)[O-])NC)c1ccc(Cl)nc1. The molecule has 1 rings (SSSR count). The van der Waals surface area contributed by atoms with Crippen LogP contribution in [-0.4, -0.2) is 17.0 Å². The van der Waals surface area contributed by atoms with Gasteiger partial charge in [-0.05, 0) is 18.1 Å². The molecule has 0 radical (unpaired) electrons. The Hall–Kier alpha value is -1.82. The first-order valence-electron chi connectivity index (χ1n) is 5.47. The largest absolute Gasteiger partial charge is 0.370 e. The van der Waals surface area contributed by atoms with Crippen LogP contribution >= 0.6 is 11.6 Å². The third-order valence-corrected chi connectivity index (χ3v) is 2.62. The van der Waals surface area contributed by atoms with Crippen LogP contribution in [0.15, 0.2) is 30.4 Å². The molecule has 0 spiro atoms. The maximum absolute atomic E-state index is 10.4. The van der Waals surface area contributed by atoms with Crippen LogP contribution in [0.25, 0.3) is 0 Å². The summed E-state index contributed by atoms with van der Waals surface area (Å²) in [5.74, 6) is 0.349. The Labute approximate surface area is 110 Å². The van der Waals surface area contributed by atoms with Crippen molar-refractivity contribution in [1.82, 2.24) is 15.6 Å². The topological polar surface area (TPSA) is 80.1 Å². The second-order valence-electron chi connectivity index (χ2n) is 3.60. The van der Waals surface area contributed by atoms with E-state index in [0.29, 0.717) is 11.0 Å². The van der Waals surface area contributed by atoms with Crippen LogP contribution in [0.1, 0.15) is 24.9 Å². The fraction of sp³-hybridized carbons (Fsp3) is 0.364. The number of halogens is 1. The highest BCUT2D eigenvalue weighted by Crippen LogP contribution is 2.18. The summed E-state index contributed by atoms with van der Waals surface area (Å²) in [5.41, 5.74) is 0.923. The van der Waals surface area contributed by atoms with E-state index in [1.807, 2.05) is 13.0 Å². The zero-order valence-corrected chi connectivity index (χ0v) is 10.9. The molecule has 18 heavy (non-hydrogen) atoms. The van der Waals surface area contributed by atoms with E-state index in [-0.39, 0.29) is 6.04 Å². The predicted octanol–water partition coefficient (Wildman–Crippen LogP) is 2.07. The third-order valence-electron chi connectivity index (χ3n) is 2.39. The average molecular weight is 271 g/mol. The summed E-state index contributed by atoms with van der Waals surface area (Å²) in [6, 6.07) is 3.47. The number of nitrogens with one attached hydrogen (secondary N) is 2. The molecule has 1 unspecified atom stereocenters. The Morgan fingerprint density at radius 3 is 2.83 bits per heavy atom. The van der Waals surface area contributed by atoms with Gasteiger partial charge in [0.2, 0.25) is 0 Å². The molecule has 0 aliphatic rings. The van der Waals surface area contributed by atoms with Gasteiger partial charge in [0.05, 0.1) is 11.0 Å². The van der Waals surface area contributed by atoms with Crippen molar-refractivity contribution >= 4 is 11.6 Å². The maximum Gasteiger partial charge on any atom is 0.274 e. The van der Waals surface area contributed by atoms with Gasteiger partial charge in [0, 0.05) is 13.2 Å². The van der Waals surface area contributed by atoms with Crippen LogP contribution in [0.4, 0.5) is 0 Å². The molecule has 0 aromatic carbocycles. The zero-order valence-electron chi connectivity index (χ0n) is 10.2. The van der Waals surface area contributed by atoms with E-state index >= 15 is 0 Å². The highest BCUT2D eigenvalue weighted by atomic mass is 35.5. The molecule has 0 fully saturated rings. The van der Waals surface area contributed by atoms with Gasteiger partial charge in [-0.1, -0.05) is 24.6 Å². The van der Waals surface area contributed by atoms with Crippen LogP contribution in [0.2, 0.25) is 5.15 Å². The van der Waals surface area contributed by atoms with E-state index < -0.39 is 4.92 Å². The van der Waals surface area contributed by atoms with Crippen LogP contribution in [0.5, 0.6) is 0 Å². The standard InChI is InChI=1S/C11H15ClN4O2/c1-3-9(8-4-5-10(12)14-6-8)15-11(13-2)7-16(17)18/h4-7,9,13,15H,3H2,1-2H3. The summed E-state index contributed by atoms with van der Waals surface area (Å²) in [7, 11) is 1.62. The minimum atomic E-state index is -0.508.